The van der Waals surface area contributed by atoms with Gasteiger partial charge in [0.05, 0.1) is 14.2 Å². The van der Waals surface area contributed by atoms with E-state index in [1.165, 1.54) is 32.4 Å². The van der Waals surface area contributed by atoms with Crippen molar-refractivity contribution < 1.29 is 27.8 Å². The Hall–Kier alpha value is -3.16. The number of hydrogen-bond donors (Lipinski definition) is 2. The number of benzene rings is 2. The lowest BCUT2D eigenvalue weighted by Gasteiger charge is -2.11. The zero-order valence-corrected chi connectivity index (χ0v) is 12.9. The molecule has 24 heavy (non-hydrogen) atoms. The Morgan fingerprint density at radius 3 is 2.04 bits per heavy atom. The van der Waals surface area contributed by atoms with Gasteiger partial charge in [0.15, 0.2) is 11.5 Å². The number of methoxy groups -OCH3 is 2. The molecule has 8 heteroatoms. The van der Waals surface area contributed by atoms with Crippen LogP contribution in [0.3, 0.4) is 0 Å². The van der Waals surface area contributed by atoms with Gasteiger partial charge in [0, 0.05) is 11.8 Å². The fraction of sp³-hybridized carbons (Fsp3) is 0.125. The molecule has 0 bridgehead atoms. The molecule has 0 radical (unpaired) electrons. The first-order valence-electron chi connectivity index (χ1n) is 6.74. The van der Waals surface area contributed by atoms with Crippen LogP contribution in [0.5, 0.6) is 11.5 Å². The smallest absolute Gasteiger partial charge is 0.314 e. The van der Waals surface area contributed by atoms with Gasteiger partial charge >= 0.3 is 11.8 Å². The van der Waals surface area contributed by atoms with E-state index in [2.05, 4.69) is 5.32 Å². The highest BCUT2D eigenvalue weighted by Gasteiger charge is 2.19. The average Bonchev–Trinajstić information content (AvgIpc) is 2.57. The van der Waals surface area contributed by atoms with Crippen LogP contribution >= 0.6 is 0 Å². The second-order valence-electron chi connectivity index (χ2n) is 4.57. The quantitative estimate of drug-likeness (QED) is 0.842. The molecule has 0 aliphatic heterocycles. The summed E-state index contributed by atoms with van der Waals surface area (Å²) in [6, 6.07) is 7.52. The normalized spacial score (nSPS) is 10.0. The number of hydrogen-bond acceptors (Lipinski definition) is 4. The van der Waals surface area contributed by atoms with Crippen LogP contribution in [0.1, 0.15) is 0 Å². The molecular weight excluding hydrogens is 322 g/mol. The van der Waals surface area contributed by atoms with Gasteiger partial charge in [0.1, 0.15) is 17.3 Å². The largest absolute Gasteiger partial charge is 0.493 e. The summed E-state index contributed by atoms with van der Waals surface area (Å²) in [5, 5.41) is 4.19. The number of carbonyl (C=O) groups is 2. The van der Waals surface area contributed by atoms with Crippen molar-refractivity contribution in [2.45, 2.75) is 0 Å². The Labute approximate surface area is 136 Å². The Balaban J connectivity index is 2.11. The standard InChI is InChI=1S/C16H14F2N2O4/c1-23-12-7-6-9(8-13(12)24-2)19-15(21)16(22)20-14-10(17)4-3-5-11(14)18/h3-8H,1-2H3,(H,19,21)(H,20,22). The number of para-hydroxylation sites is 1. The van der Waals surface area contributed by atoms with E-state index in [9.17, 15) is 18.4 Å². The number of ether oxygens (including phenoxy) is 2. The number of anilines is 2. The third kappa shape index (κ3) is 3.78. The van der Waals surface area contributed by atoms with Crippen molar-refractivity contribution in [1.29, 1.82) is 0 Å². The molecule has 0 fully saturated rings. The lowest BCUT2D eigenvalue weighted by molar-refractivity contribution is -0.133. The molecule has 0 aromatic heterocycles. The summed E-state index contributed by atoms with van der Waals surface area (Å²) >= 11 is 0. The molecule has 0 heterocycles. The summed E-state index contributed by atoms with van der Waals surface area (Å²) in [5.41, 5.74) is -0.438. The monoisotopic (exact) mass is 336 g/mol. The minimum atomic E-state index is -1.21. The van der Waals surface area contributed by atoms with Gasteiger partial charge < -0.3 is 20.1 Å². The Kier molecular flexibility index (Phi) is 5.31. The molecule has 6 nitrogen and oxygen atoms in total. The third-order valence-corrected chi connectivity index (χ3v) is 3.05. The van der Waals surface area contributed by atoms with Crippen LogP contribution in [0, 0.1) is 11.6 Å². The SMILES string of the molecule is COc1ccc(NC(=O)C(=O)Nc2c(F)cccc2F)cc1OC. The predicted molar refractivity (Wildman–Crippen MR) is 83.2 cm³/mol. The van der Waals surface area contributed by atoms with Crippen LogP contribution in [0.25, 0.3) is 0 Å². The maximum atomic E-state index is 13.5. The first-order valence-corrected chi connectivity index (χ1v) is 6.74. The highest BCUT2D eigenvalue weighted by molar-refractivity contribution is 6.43. The highest BCUT2D eigenvalue weighted by Crippen LogP contribution is 2.29. The van der Waals surface area contributed by atoms with Gasteiger partial charge in [-0.2, -0.15) is 0 Å². The van der Waals surface area contributed by atoms with Gasteiger partial charge in [-0.1, -0.05) is 6.07 Å². The highest BCUT2D eigenvalue weighted by atomic mass is 19.1. The van der Waals surface area contributed by atoms with E-state index in [0.717, 1.165) is 18.2 Å². The van der Waals surface area contributed by atoms with Crippen LogP contribution in [-0.4, -0.2) is 26.0 Å². The Morgan fingerprint density at radius 2 is 1.46 bits per heavy atom. The fourth-order valence-corrected chi connectivity index (χ4v) is 1.89. The first kappa shape index (κ1) is 17.2. The van der Waals surface area contributed by atoms with Crippen molar-refractivity contribution in [3.63, 3.8) is 0 Å². The number of halogens is 2. The van der Waals surface area contributed by atoms with Gasteiger partial charge in [-0.05, 0) is 24.3 Å². The Morgan fingerprint density at radius 1 is 0.875 bits per heavy atom. The van der Waals surface area contributed by atoms with E-state index in [-0.39, 0.29) is 5.69 Å². The van der Waals surface area contributed by atoms with Crippen molar-refractivity contribution in [1.82, 2.24) is 0 Å². The summed E-state index contributed by atoms with van der Waals surface area (Å²) in [7, 11) is 2.86. The van der Waals surface area contributed by atoms with Crippen LogP contribution in [0.4, 0.5) is 20.2 Å². The van der Waals surface area contributed by atoms with Gasteiger partial charge in [-0.25, -0.2) is 8.78 Å². The van der Waals surface area contributed by atoms with Crippen LogP contribution < -0.4 is 20.1 Å². The molecule has 0 atom stereocenters. The molecule has 0 aliphatic rings. The maximum Gasteiger partial charge on any atom is 0.314 e. The van der Waals surface area contributed by atoms with E-state index >= 15 is 0 Å². The molecule has 2 amide bonds. The van der Waals surface area contributed by atoms with E-state index < -0.39 is 29.1 Å². The Bertz CT molecular complexity index is 760. The van der Waals surface area contributed by atoms with Crippen LogP contribution in [0.2, 0.25) is 0 Å². The minimum Gasteiger partial charge on any atom is -0.493 e. The minimum absolute atomic E-state index is 0.252. The van der Waals surface area contributed by atoms with Gasteiger partial charge in [0.2, 0.25) is 0 Å². The number of nitrogens with one attached hydrogen (secondary N) is 2. The predicted octanol–water partition coefficient (Wildman–Crippen LogP) is 2.56. The second-order valence-corrected chi connectivity index (χ2v) is 4.57. The van der Waals surface area contributed by atoms with Crippen molar-refractivity contribution in [2.24, 2.45) is 0 Å². The zero-order valence-electron chi connectivity index (χ0n) is 12.9. The van der Waals surface area contributed by atoms with Gasteiger partial charge in [-0.15, -0.1) is 0 Å². The molecular formula is C16H14F2N2O4. The van der Waals surface area contributed by atoms with Crippen LogP contribution in [-0.2, 0) is 9.59 Å². The molecule has 2 aromatic carbocycles. The van der Waals surface area contributed by atoms with Crippen molar-refractivity contribution in [2.75, 3.05) is 24.9 Å². The number of amides is 2. The van der Waals surface area contributed by atoms with Crippen molar-refractivity contribution >= 4 is 23.2 Å². The maximum absolute atomic E-state index is 13.5. The van der Waals surface area contributed by atoms with E-state index in [4.69, 9.17) is 9.47 Å². The lowest BCUT2D eigenvalue weighted by Crippen LogP contribution is -2.29. The molecule has 0 unspecified atom stereocenters. The second kappa shape index (κ2) is 7.40. The molecule has 2 rings (SSSR count). The summed E-state index contributed by atoms with van der Waals surface area (Å²) in [6.07, 6.45) is 0. The fourth-order valence-electron chi connectivity index (χ4n) is 1.89. The third-order valence-electron chi connectivity index (χ3n) is 3.05. The molecule has 0 saturated heterocycles. The number of rotatable bonds is 4. The van der Waals surface area contributed by atoms with Gasteiger partial charge in [-0.3, -0.25) is 9.59 Å². The lowest BCUT2D eigenvalue weighted by atomic mass is 10.2. The summed E-state index contributed by atoms with van der Waals surface area (Å²) in [6.45, 7) is 0. The van der Waals surface area contributed by atoms with E-state index in [0.29, 0.717) is 11.5 Å². The molecule has 0 spiro atoms. The molecule has 126 valence electrons. The number of carbonyl (C=O) groups excluding carboxylic acids is 2. The summed E-state index contributed by atoms with van der Waals surface area (Å²) in [5.74, 6) is -3.49. The van der Waals surface area contributed by atoms with Crippen molar-refractivity contribution in [3.05, 3.63) is 48.0 Å². The van der Waals surface area contributed by atoms with Crippen LogP contribution in [0.15, 0.2) is 36.4 Å². The van der Waals surface area contributed by atoms with E-state index in [1.54, 1.807) is 0 Å². The first-order chi connectivity index (χ1) is 11.5. The molecule has 2 aromatic rings. The molecule has 0 saturated carbocycles. The summed E-state index contributed by atoms with van der Waals surface area (Å²) in [4.78, 5) is 23.6. The molecule has 0 aliphatic carbocycles. The van der Waals surface area contributed by atoms with E-state index in [1.807, 2.05) is 5.32 Å². The topological polar surface area (TPSA) is 76.7 Å². The average molecular weight is 336 g/mol. The van der Waals surface area contributed by atoms with Crippen molar-refractivity contribution in [3.8, 4) is 11.5 Å². The molecule has 2 N–H and O–H groups in total. The summed E-state index contributed by atoms with van der Waals surface area (Å²) < 4.78 is 37.1. The van der Waals surface area contributed by atoms with Gasteiger partial charge in [0.25, 0.3) is 0 Å². The zero-order chi connectivity index (χ0) is 17.7.